The minimum absolute atomic E-state index is 0.153. The smallest absolute Gasteiger partial charge is 0.321 e. The molecule has 0 unspecified atom stereocenters. The van der Waals surface area contributed by atoms with Crippen LogP contribution in [0.25, 0.3) is 0 Å². The second-order valence-electron chi connectivity index (χ2n) is 6.09. The lowest BCUT2D eigenvalue weighted by Gasteiger charge is -2.09. The van der Waals surface area contributed by atoms with Crippen molar-refractivity contribution in [3.8, 4) is 0 Å². The van der Waals surface area contributed by atoms with Crippen molar-refractivity contribution >= 4 is 17.9 Å². The van der Waals surface area contributed by atoms with Crippen molar-refractivity contribution in [3.63, 3.8) is 0 Å². The molecule has 0 saturated carbocycles. The summed E-state index contributed by atoms with van der Waals surface area (Å²) in [5.41, 5.74) is 2.88. The van der Waals surface area contributed by atoms with E-state index in [2.05, 4.69) is 15.7 Å². The molecule has 8 heteroatoms. The van der Waals surface area contributed by atoms with Gasteiger partial charge in [-0.15, -0.1) is 0 Å². The van der Waals surface area contributed by atoms with Crippen LogP contribution in [0.15, 0.2) is 0 Å². The Morgan fingerprint density at radius 2 is 1.92 bits per heavy atom. The molecule has 0 spiro atoms. The van der Waals surface area contributed by atoms with Crippen molar-refractivity contribution in [2.75, 3.05) is 13.2 Å². The molecule has 3 amide bonds. The molecule has 0 aliphatic rings. The van der Waals surface area contributed by atoms with E-state index in [0.29, 0.717) is 13.0 Å². The van der Waals surface area contributed by atoms with Gasteiger partial charge in [-0.1, -0.05) is 13.8 Å². The summed E-state index contributed by atoms with van der Waals surface area (Å²) >= 11 is 0. The molecule has 134 valence electrons. The maximum absolute atomic E-state index is 11.7. The summed E-state index contributed by atoms with van der Waals surface area (Å²) in [4.78, 5) is 34.6. The highest BCUT2D eigenvalue weighted by Gasteiger charge is 2.14. The quantitative estimate of drug-likeness (QED) is 0.722. The van der Waals surface area contributed by atoms with Crippen LogP contribution < -0.4 is 10.6 Å². The second kappa shape index (κ2) is 9.05. The number of ether oxygens (including phenoxy) is 1. The minimum atomic E-state index is -0.654. The molecule has 1 rings (SSSR count). The van der Waals surface area contributed by atoms with E-state index in [1.54, 1.807) is 4.68 Å². The van der Waals surface area contributed by atoms with Gasteiger partial charge >= 0.3 is 12.0 Å². The Morgan fingerprint density at radius 1 is 1.25 bits per heavy atom. The third-order valence-corrected chi connectivity index (χ3v) is 3.53. The second-order valence-corrected chi connectivity index (χ2v) is 6.09. The first-order chi connectivity index (χ1) is 11.2. The lowest BCUT2D eigenvalue weighted by atomic mass is 10.1. The van der Waals surface area contributed by atoms with Gasteiger partial charge in [-0.3, -0.25) is 19.6 Å². The number of urea groups is 1. The molecule has 0 fully saturated rings. The summed E-state index contributed by atoms with van der Waals surface area (Å²) in [7, 11) is 1.85. The standard InChI is InChI=1S/C16H26N4O4/c1-10(2)8-17-16(23)18-14(21)9-24-15(22)7-6-13-11(3)19-20(5)12(13)4/h10H,6-9H2,1-5H3,(H2,17,18,21,23). The number of imide groups is 1. The van der Waals surface area contributed by atoms with E-state index in [0.717, 1.165) is 17.0 Å². The van der Waals surface area contributed by atoms with Gasteiger partial charge in [0.15, 0.2) is 6.61 Å². The number of hydrogen-bond acceptors (Lipinski definition) is 5. The summed E-state index contributed by atoms with van der Waals surface area (Å²) in [5, 5.41) is 8.93. The Morgan fingerprint density at radius 3 is 2.46 bits per heavy atom. The molecule has 0 radical (unpaired) electrons. The molecule has 0 bridgehead atoms. The van der Waals surface area contributed by atoms with Crippen LogP contribution in [0, 0.1) is 19.8 Å². The molecule has 0 aromatic carbocycles. The first-order valence-electron chi connectivity index (χ1n) is 7.93. The van der Waals surface area contributed by atoms with Crippen LogP contribution >= 0.6 is 0 Å². The van der Waals surface area contributed by atoms with Crippen LogP contribution in [-0.2, 0) is 27.8 Å². The number of carbonyl (C=O) groups excluding carboxylic acids is 3. The maximum atomic E-state index is 11.7. The Hall–Kier alpha value is -2.38. The predicted octanol–water partition coefficient (Wildman–Crippen LogP) is 0.995. The van der Waals surface area contributed by atoms with Crippen molar-refractivity contribution in [2.24, 2.45) is 13.0 Å². The van der Waals surface area contributed by atoms with Crippen LogP contribution in [0.3, 0.4) is 0 Å². The highest BCUT2D eigenvalue weighted by Crippen LogP contribution is 2.14. The molecule has 1 heterocycles. The fourth-order valence-electron chi connectivity index (χ4n) is 2.13. The molecule has 1 aromatic heterocycles. The van der Waals surface area contributed by atoms with E-state index in [-0.39, 0.29) is 12.3 Å². The normalized spacial score (nSPS) is 10.6. The molecule has 8 nitrogen and oxygen atoms in total. The number of aromatic nitrogens is 2. The van der Waals surface area contributed by atoms with Crippen LogP contribution in [0.5, 0.6) is 0 Å². The molecule has 1 aromatic rings. The Kier molecular flexibility index (Phi) is 7.41. The topological polar surface area (TPSA) is 102 Å². The van der Waals surface area contributed by atoms with Crippen molar-refractivity contribution in [3.05, 3.63) is 17.0 Å². The fourth-order valence-corrected chi connectivity index (χ4v) is 2.13. The van der Waals surface area contributed by atoms with E-state index < -0.39 is 24.5 Å². The highest BCUT2D eigenvalue weighted by atomic mass is 16.5. The summed E-state index contributed by atoms with van der Waals surface area (Å²) in [6.07, 6.45) is 0.654. The SMILES string of the molecule is Cc1nn(C)c(C)c1CCC(=O)OCC(=O)NC(=O)NCC(C)C. The third kappa shape index (κ3) is 6.39. The zero-order valence-corrected chi connectivity index (χ0v) is 14.9. The number of nitrogens with zero attached hydrogens (tertiary/aromatic N) is 2. The average Bonchev–Trinajstić information content (AvgIpc) is 2.74. The first-order valence-corrected chi connectivity index (χ1v) is 7.93. The molecule has 0 aliphatic heterocycles. The van der Waals surface area contributed by atoms with Gasteiger partial charge in [0.25, 0.3) is 5.91 Å². The summed E-state index contributed by atoms with van der Waals surface area (Å²) in [6, 6.07) is -0.591. The van der Waals surface area contributed by atoms with Crippen LogP contribution in [0.2, 0.25) is 0 Å². The van der Waals surface area contributed by atoms with Crippen molar-refractivity contribution < 1.29 is 19.1 Å². The van der Waals surface area contributed by atoms with E-state index in [1.165, 1.54) is 0 Å². The molecule has 24 heavy (non-hydrogen) atoms. The third-order valence-electron chi connectivity index (χ3n) is 3.53. The van der Waals surface area contributed by atoms with Gasteiger partial charge in [0.2, 0.25) is 0 Å². The number of nitrogens with one attached hydrogen (secondary N) is 2. The van der Waals surface area contributed by atoms with Crippen molar-refractivity contribution in [2.45, 2.75) is 40.5 Å². The largest absolute Gasteiger partial charge is 0.456 e. The lowest BCUT2D eigenvalue weighted by molar-refractivity contribution is -0.148. The van der Waals surface area contributed by atoms with E-state index >= 15 is 0 Å². The maximum Gasteiger partial charge on any atom is 0.321 e. The zero-order chi connectivity index (χ0) is 18.3. The lowest BCUT2D eigenvalue weighted by Crippen LogP contribution is -2.42. The molecule has 0 saturated heterocycles. The van der Waals surface area contributed by atoms with Gasteiger partial charge in [-0.2, -0.15) is 5.10 Å². The fraction of sp³-hybridized carbons (Fsp3) is 0.625. The molecule has 0 aliphatic carbocycles. The summed E-state index contributed by atoms with van der Waals surface area (Å²) in [6.45, 7) is 7.69. The molecular formula is C16H26N4O4. The first kappa shape index (κ1) is 19.7. The van der Waals surface area contributed by atoms with Gasteiger partial charge in [-0.05, 0) is 31.7 Å². The predicted molar refractivity (Wildman–Crippen MR) is 88.3 cm³/mol. The minimum Gasteiger partial charge on any atom is -0.456 e. The average molecular weight is 338 g/mol. The van der Waals surface area contributed by atoms with Crippen LogP contribution in [0.4, 0.5) is 4.79 Å². The van der Waals surface area contributed by atoms with Gasteiger partial charge in [0.05, 0.1) is 5.69 Å². The zero-order valence-electron chi connectivity index (χ0n) is 14.9. The Labute approximate surface area is 141 Å². The number of carbonyl (C=O) groups is 3. The van der Waals surface area contributed by atoms with E-state index in [1.807, 2.05) is 34.7 Å². The van der Waals surface area contributed by atoms with Crippen LogP contribution in [0.1, 0.15) is 37.2 Å². The molecule has 0 atom stereocenters. The number of amides is 3. The number of aryl methyl sites for hydroxylation is 2. The summed E-state index contributed by atoms with van der Waals surface area (Å²) in [5.74, 6) is -0.864. The Bertz CT molecular complexity index is 607. The monoisotopic (exact) mass is 338 g/mol. The van der Waals surface area contributed by atoms with E-state index in [4.69, 9.17) is 4.74 Å². The Balaban J connectivity index is 2.30. The van der Waals surface area contributed by atoms with Gasteiger partial charge < -0.3 is 10.1 Å². The van der Waals surface area contributed by atoms with E-state index in [9.17, 15) is 14.4 Å². The van der Waals surface area contributed by atoms with Gasteiger partial charge in [-0.25, -0.2) is 4.79 Å². The highest BCUT2D eigenvalue weighted by molar-refractivity contribution is 5.95. The number of rotatable bonds is 7. The van der Waals surface area contributed by atoms with Crippen LogP contribution in [-0.4, -0.2) is 40.8 Å². The number of hydrogen-bond donors (Lipinski definition) is 2. The number of esters is 1. The summed E-state index contributed by atoms with van der Waals surface area (Å²) < 4.78 is 6.64. The molecule has 2 N–H and O–H groups in total. The van der Waals surface area contributed by atoms with Crippen molar-refractivity contribution in [1.29, 1.82) is 0 Å². The van der Waals surface area contributed by atoms with Gasteiger partial charge in [0.1, 0.15) is 0 Å². The molecular weight excluding hydrogens is 312 g/mol. The van der Waals surface area contributed by atoms with Crippen molar-refractivity contribution in [1.82, 2.24) is 20.4 Å². The van der Waals surface area contributed by atoms with Gasteiger partial charge in [0, 0.05) is 25.7 Å².